The van der Waals surface area contributed by atoms with Crippen molar-refractivity contribution in [1.82, 2.24) is 9.88 Å². The molecule has 0 radical (unpaired) electrons. The number of para-hydroxylation sites is 2. The van der Waals surface area contributed by atoms with Crippen LogP contribution in [0.4, 0.5) is 0 Å². The average molecular weight is 415 g/mol. The molecule has 1 amide bonds. The van der Waals surface area contributed by atoms with Gasteiger partial charge in [-0.05, 0) is 42.8 Å². The fourth-order valence-electron chi connectivity index (χ4n) is 3.88. The van der Waals surface area contributed by atoms with Crippen molar-refractivity contribution in [2.24, 2.45) is 0 Å². The van der Waals surface area contributed by atoms with E-state index in [1.165, 1.54) is 0 Å². The first-order chi connectivity index (χ1) is 15.2. The van der Waals surface area contributed by atoms with E-state index in [-0.39, 0.29) is 18.6 Å². The number of amides is 1. The van der Waals surface area contributed by atoms with E-state index >= 15 is 0 Å². The maximum atomic E-state index is 13.3. The first-order valence-electron chi connectivity index (χ1n) is 10.4. The minimum atomic E-state index is -0.251. The largest absolute Gasteiger partial charge is 0.497 e. The van der Waals surface area contributed by atoms with Gasteiger partial charge in [-0.2, -0.15) is 0 Å². The van der Waals surface area contributed by atoms with E-state index < -0.39 is 0 Å². The predicted molar refractivity (Wildman–Crippen MR) is 122 cm³/mol. The number of ether oxygens (including phenoxy) is 2. The Bertz CT molecular complexity index is 1140. The first-order valence-corrected chi connectivity index (χ1v) is 10.4. The van der Waals surface area contributed by atoms with Gasteiger partial charge in [0.1, 0.15) is 11.5 Å². The summed E-state index contributed by atoms with van der Waals surface area (Å²) in [7, 11) is 1.65. The average Bonchev–Trinajstić information content (AvgIpc) is 3.25. The second-order valence-corrected chi connectivity index (χ2v) is 7.25. The van der Waals surface area contributed by atoms with Gasteiger partial charge in [-0.15, -0.1) is 0 Å². The topological polar surface area (TPSA) is 54.6 Å². The van der Waals surface area contributed by atoms with Crippen molar-refractivity contribution in [2.45, 2.75) is 13.0 Å². The molecular formula is C26H26N2O3. The molecular weight excluding hydrogens is 388 g/mol. The Balaban J connectivity index is 1.70. The van der Waals surface area contributed by atoms with Gasteiger partial charge < -0.3 is 19.4 Å². The highest BCUT2D eigenvalue weighted by atomic mass is 16.5. The van der Waals surface area contributed by atoms with Crippen LogP contribution in [0.5, 0.6) is 11.5 Å². The fraction of sp³-hybridized carbons (Fsp3) is 0.192. The summed E-state index contributed by atoms with van der Waals surface area (Å²) in [6, 6.07) is 25.2. The maximum absolute atomic E-state index is 13.3. The molecule has 0 saturated heterocycles. The molecule has 158 valence electrons. The third-order valence-corrected chi connectivity index (χ3v) is 5.43. The molecule has 0 bridgehead atoms. The number of carbonyl (C=O) groups is 1. The first kappa shape index (κ1) is 20.5. The van der Waals surface area contributed by atoms with Crippen LogP contribution in [0.3, 0.4) is 0 Å². The lowest BCUT2D eigenvalue weighted by Gasteiger charge is -2.31. The molecule has 1 atom stereocenters. The minimum absolute atomic E-state index is 0.0210. The number of hydrogen-bond donors (Lipinski definition) is 1. The Labute approximate surface area is 182 Å². The number of methoxy groups -OCH3 is 1. The Kier molecular flexibility index (Phi) is 6.22. The summed E-state index contributed by atoms with van der Waals surface area (Å²) >= 11 is 0. The lowest BCUT2D eigenvalue weighted by atomic mass is 9.96. The smallest absolute Gasteiger partial charge is 0.261 e. The van der Waals surface area contributed by atoms with Gasteiger partial charge in [-0.1, -0.05) is 48.5 Å². The third kappa shape index (κ3) is 4.40. The van der Waals surface area contributed by atoms with Crippen LogP contribution in [-0.2, 0) is 4.79 Å². The zero-order chi connectivity index (χ0) is 21.6. The van der Waals surface area contributed by atoms with Gasteiger partial charge in [0.05, 0.1) is 13.2 Å². The number of H-pyrrole nitrogens is 1. The fourth-order valence-corrected chi connectivity index (χ4v) is 3.88. The van der Waals surface area contributed by atoms with Gasteiger partial charge in [-0.3, -0.25) is 4.79 Å². The molecule has 1 heterocycles. The number of nitrogens with one attached hydrogen (secondary N) is 1. The van der Waals surface area contributed by atoms with Crippen molar-refractivity contribution in [2.75, 3.05) is 20.3 Å². The van der Waals surface area contributed by atoms with E-state index in [0.29, 0.717) is 12.3 Å². The third-order valence-electron chi connectivity index (χ3n) is 5.43. The SMILES string of the molecule is CCN(C(=O)COc1ccccc1)C(c1ccc(OC)cc1)c1c[nH]c2ccccc12. The molecule has 5 heteroatoms. The Morgan fingerprint density at radius 2 is 1.65 bits per heavy atom. The van der Waals surface area contributed by atoms with Crippen LogP contribution in [0.2, 0.25) is 0 Å². The van der Waals surface area contributed by atoms with Gasteiger partial charge in [0.2, 0.25) is 0 Å². The van der Waals surface area contributed by atoms with Crippen molar-refractivity contribution < 1.29 is 14.3 Å². The highest BCUT2D eigenvalue weighted by Crippen LogP contribution is 2.34. The molecule has 0 aliphatic rings. The van der Waals surface area contributed by atoms with E-state index in [2.05, 4.69) is 11.1 Å². The molecule has 1 unspecified atom stereocenters. The molecule has 5 nitrogen and oxygen atoms in total. The second-order valence-electron chi connectivity index (χ2n) is 7.25. The molecule has 0 saturated carbocycles. The van der Waals surface area contributed by atoms with Crippen molar-refractivity contribution in [1.29, 1.82) is 0 Å². The molecule has 4 aromatic rings. The summed E-state index contributed by atoms with van der Waals surface area (Å²) in [6.07, 6.45) is 1.99. The molecule has 31 heavy (non-hydrogen) atoms. The van der Waals surface area contributed by atoms with Gasteiger partial charge >= 0.3 is 0 Å². The van der Waals surface area contributed by atoms with E-state index in [9.17, 15) is 4.79 Å². The predicted octanol–water partition coefficient (Wildman–Crippen LogP) is 5.19. The number of likely N-dealkylation sites (N-methyl/N-ethyl adjacent to an activating group) is 1. The summed E-state index contributed by atoms with van der Waals surface area (Å²) in [5, 5.41) is 1.10. The van der Waals surface area contributed by atoms with E-state index in [0.717, 1.165) is 27.8 Å². The quantitative estimate of drug-likeness (QED) is 0.431. The van der Waals surface area contributed by atoms with Gasteiger partial charge in [0.25, 0.3) is 5.91 Å². The zero-order valence-corrected chi connectivity index (χ0v) is 17.7. The molecule has 0 aliphatic carbocycles. The van der Waals surface area contributed by atoms with Crippen molar-refractivity contribution in [3.05, 3.63) is 96.2 Å². The summed E-state index contributed by atoms with van der Waals surface area (Å²) in [5.74, 6) is 1.39. The van der Waals surface area contributed by atoms with Crippen LogP contribution in [-0.4, -0.2) is 36.1 Å². The monoisotopic (exact) mass is 414 g/mol. The zero-order valence-electron chi connectivity index (χ0n) is 17.7. The molecule has 0 fully saturated rings. The van der Waals surface area contributed by atoms with Crippen molar-refractivity contribution in [3.8, 4) is 11.5 Å². The molecule has 1 aromatic heterocycles. The molecule has 0 aliphatic heterocycles. The Morgan fingerprint density at radius 3 is 2.35 bits per heavy atom. The number of hydrogen-bond acceptors (Lipinski definition) is 3. The van der Waals surface area contributed by atoms with E-state index in [4.69, 9.17) is 9.47 Å². The van der Waals surface area contributed by atoms with E-state index in [1.54, 1.807) is 7.11 Å². The van der Waals surface area contributed by atoms with Crippen LogP contribution in [0.25, 0.3) is 10.9 Å². The summed E-state index contributed by atoms with van der Waals surface area (Å²) in [4.78, 5) is 18.5. The van der Waals surface area contributed by atoms with Crippen LogP contribution in [0.15, 0.2) is 85.1 Å². The summed E-state index contributed by atoms with van der Waals surface area (Å²) in [5.41, 5.74) is 3.11. The number of rotatable bonds is 8. The summed E-state index contributed by atoms with van der Waals surface area (Å²) in [6.45, 7) is 2.52. The van der Waals surface area contributed by atoms with Gasteiger partial charge in [-0.25, -0.2) is 0 Å². The second kappa shape index (κ2) is 9.39. The number of nitrogens with zero attached hydrogens (tertiary/aromatic N) is 1. The lowest BCUT2D eigenvalue weighted by molar-refractivity contribution is -0.134. The van der Waals surface area contributed by atoms with Crippen molar-refractivity contribution >= 4 is 16.8 Å². The highest BCUT2D eigenvalue weighted by Gasteiger charge is 2.28. The number of aromatic amines is 1. The molecule has 1 N–H and O–H groups in total. The Hall–Kier alpha value is -3.73. The van der Waals surface area contributed by atoms with Crippen LogP contribution >= 0.6 is 0 Å². The van der Waals surface area contributed by atoms with Crippen LogP contribution in [0.1, 0.15) is 24.1 Å². The van der Waals surface area contributed by atoms with E-state index in [1.807, 2.05) is 90.8 Å². The van der Waals surface area contributed by atoms with Crippen molar-refractivity contribution in [3.63, 3.8) is 0 Å². The van der Waals surface area contributed by atoms with Gasteiger partial charge in [0.15, 0.2) is 6.61 Å². The highest BCUT2D eigenvalue weighted by molar-refractivity contribution is 5.86. The number of aromatic nitrogens is 1. The number of benzene rings is 3. The molecule has 3 aromatic carbocycles. The standard InChI is InChI=1S/C26H26N2O3/c1-3-28(25(29)18-31-21-9-5-4-6-10-21)26(19-13-15-20(30-2)16-14-19)23-17-27-24-12-8-7-11-22(23)24/h4-17,26-27H,3,18H2,1-2H3. The molecule has 4 rings (SSSR count). The summed E-state index contributed by atoms with van der Waals surface area (Å²) < 4.78 is 11.1. The Morgan fingerprint density at radius 1 is 0.935 bits per heavy atom. The normalized spacial score (nSPS) is 11.8. The number of carbonyl (C=O) groups excluding carboxylic acids is 1. The lowest BCUT2D eigenvalue weighted by Crippen LogP contribution is -2.38. The minimum Gasteiger partial charge on any atom is -0.497 e. The van der Waals surface area contributed by atoms with Crippen LogP contribution in [0, 0.1) is 0 Å². The maximum Gasteiger partial charge on any atom is 0.261 e. The van der Waals surface area contributed by atoms with Gasteiger partial charge in [0, 0.05) is 29.2 Å². The van der Waals surface area contributed by atoms with Crippen LogP contribution < -0.4 is 9.47 Å². The number of fused-ring (bicyclic) bond motifs is 1. The molecule has 0 spiro atoms.